The number of carbonyl (C=O) groups excluding carboxylic acids is 1. The maximum absolute atomic E-state index is 13.5. The molecule has 2 heterocycles. The molecule has 0 spiro atoms. The Labute approximate surface area is 164 Å². The average Bonchev–Trinajstić information content (AvgIpc) is 3.08. The van der Waals surface area contributed by atoms with Gasteiger partial charge < -0.3 is 4.90 Å². The van der Waals surface area contributed by atoms with Gasteiger partial charge in [0.25, 0.3) is 0 Å². The molecule has 2 aromatic carbocycles. The summed E-state index contributed by atoms with van der Waals surface area (Å²) >= 11 is 5.94. The van der Waals surface area contributed by atoms with Gasteiger partial charge in [0.05, 0.1) is 6.54 Å². The van der Waals surface area contributed by atoms with Gasteiger partial charge in [0.2, 0.25) is 5.91 Å². The van der Waals surface area contributed by atoms with Crippen molar-refractivity contribution in [1.82, 2.24) is 9.80 Å². The summed E-state index contributed by atoms with van der Waals surface area (Å²) in [6.45, 7) is 5.53. The number of carbonyl (C=O) groups is 1. The van der Waals surface area contributed by atoms with Crippen molar-refractivity contribution in [2.75, 3.05) is 44.2 Å². The topological polar surface area (TPSA) is 26.8 Å². The van der Waals surface area contributed by atoms with E-state index in [1.807, 2.05) is 12.1 Å². The first-order valence-electron chi connectivity index (χ1n) is 9.36. The predicted octanol–water partition coefficient (Wildman–Crippen LogP) is 3.19. The van der Waals surface area contributed by atoms with Crippen molar-refractivity contribution in [2.24, 2.45) is 0 Å². The number of hydrogen-bond acceptors (Lipinski definition) is 3. The molecule has 2 aliphatic rings. The Bertz CT molecular complexity index is 819. The average molecular weight is 388 g/mol. The molecule has 1 fully saturated rings. The summed E-state index contributed by atoms with van der Waals surface area (Å²) in [5.41, 5.74) is 3.04. The fourth-order valence-electron chi connectivity index (χ4n) is 3.84. The van der Waals surface area contributed by atoms with Crippen LogP contribution in [0, 0.1) is 5.82 Å². The smallest absolute Gasteiger partial charge is 0.241 e. The van der Waals surface area contributed by atoms with E-state index in [9.17, 15) is 9.18 Å². The standard InChI is InChI=1S/C21H23ClFN3O/c22-18-4-1-16(2-5-18)14-24-9-11-25(12-10-24)15-21(27)26-8-7-17-3-6-19(23)13-20(17)26/h1-6,13H,7-12,14-15H2. The zero-order chi connectivity index (χ0) is 18.8. The second kappa shape index (κ2) is 7.97. The van der Waals surface area contributed by atoms with E-state index in [2.05, 4.69) is 21.9 Å². The zero-order valence-electron chi connectivity index (χ0n) is 15.2. The first-order chi connectivity index (χ1) is 13.1. The summed E-state index contributed by atoms with van der Waals surface area (Å²) in [7, 11) is 0. The summed E-state index contributed by atoms with van der Waals surface area (Å²) in [6, 6.07) is 12.7. The molecule has 0 bridgehead atoms. The number of anilines is 1. The summed E-state index contributed by atoms with van der Waals surface area (Å²) in [5, 5.41) is 0.755. The van der Waals surface area contributed by atoms with Gasteiger partial charge in [-0.1, -0.05) is 29.8 Å². The quantitative estimate of drug-likeness (QED) is 0.806. The molecule has 27 heavy (non-hydrogen) atoms. The third-order valence-electron chi connectivity index (χ3n) is 5.39. The van der Waals surface area contributed by atoms with E-state index in [0.717, 1.165) is 55.4 Å². The lowest BCUT2D eigenvalue weighted by Gasteiger charge is -2.35. The highest BCUT2D eigenvalue weighted by Crippen LogP contribution is 2.28. The van der Waals surface area contributed by atoms with Crippen molar-refractivity contribution < 1.29 is 9.18 Å². The van der Waals surface area contributed by atoms with E-state index in [1.54, 1.807) is 11.0 Å². The number of piperazine rings is 1. The van der Waals surface area contributed by atoms with Gasteiger partial charge >= 0.3 is 0 Å². The summed E-state index contributed by atoms with van der Waals surface area (Å²) in [4.78, 5) is 19.0. The van der Waals surface area contributed by atoms with E-state index in [0.29, 0.717) is 13.1 Å². The summed E-state index contributed by atoms with van der Waals surface area (Å²) in [5.74, 6) is -0.227. The van der Waals surface area contributed by atoms with Gasteiger partial charge in [-0.3, -0.25) is 14.6 Å². The Balaban J connectivity index is 1.29. The lowest BCUT2D eigenvalue weighted by molar-refractivity contribution is -0.120. The molecule has 1 saturated heterocycles. The Morgan fingerprint density at radius 2 is 1.67 bits per heavy atom. The molecule has 2 aliphatic heterocycles. The zero-order valence-corrected chi connectivity index (χ0v) is 16.0. The van der Waals surface area contributed by atoms with Crippen molar-refractivity contribution in [3.05, 3.63) is 64.4 Å². The van der Waals surface area contributed by atoms with Crippen LogP contribution in [-0.2, 0) is 17.8 Å². The number of hydrogen-bond donors (Lipinski definition) is 0. The highest BCUT2D eigenvalue weighted by molar-refractivity contribution is 6.30. The van der Waals surface area contributed by atoms with Crippen molar-refractivity contribution in [3.63, 3.8) is 0 Å². The Morgan fingerprint density at radius 3 is 2.41 bits per heavy atom. The van der Waals surface area contributed by atoms with Crippen molar-refractivity contribution in [1.29, 1.82) is 0 Å². The second-order valence-electron chi connectivity index (χ2n) is 7.25. The molecule has 4 rings (SSSR count). The van der Waals surface area contributed by atoms with Crippen LogP contribution in [0.1, 0.15) is 11.1 Å². The van der Waals surface area contributed by atoms with Gasteiger partial charge in [-0.05, 0) is 41.8 Å². The molecule has 1 amide bonds. The predicted molar refractivity (Wildman–Crippen MR) is 106 cm³/mol. The van der Waals surface area contributed by atoms with Crippen LogP contribution >= 0.6 is 11.6 Å². The fraction of sp³-hybridized carbons (Fsp3) is 0.381. The maximum Gasteiger partial charge on any atom is 0.241 e. The van der Waals surface area contributed by atoms with Crippen LogP contribution < -0.4 is 4.90 Å². The van der Waals surface area contributed by atoms with Crippen molar-refractivity contribution >= 4 is 23.2 Å². The van der Waals surface area contributed by atoms with Gasteiger partial charge in [-0.15, -0.1) is 0 Å². The minimum atomic E-state index is -0.288. The third kappa shape index (κ3) is 4.32. The minimum Gasteiger partial charge on any atom is -0.311 e. The normalized spacial score (nSPS) is 17.9. The van der Waals surface area contributed by atoms with Gasteiger partial charge in [0.15, 0.2) is 0 Å². The SMILES string of the molecule is O=C(CN1CCN(Cc2ccc(Cl)cc2)CC1)N1CCc2ccc(F)cc21. The fourth-order valence-corrected chi connectivity index (χ4v) is 3.97. The summed E-state index contributed by atoms with van der Waals surface area (Å²) in [6.07, 6.45) is 0.802. The van der Waals surface area contributed by atoms with Gasteiger partial charge in [-0.2, -0.15) is 0 Å². The van der Waals surface area contributed by atoms with Crippen LogP contribution in [0.5, 0.6) is 0 Å². The lowest BCUT2D eigenvalue weighted by Crippen LogP contribution is -2.49. The maximum atomic E-state index is 13.5. The number of benzene rings is 2. The van der Waals surface area contributed by atoms with Crippen LogP contribution in [0.2, 0.25) is 5.02 Å². The molecule has 4 nitrogen and oxygen atoms in total. The highest BCUT2D eigenvalue weighted by atomic mass is 35.5. The number of fused-ring (bicyclic) bond motifs is 1. The number of halogens is 2. The number of amides is 1. The van der Waals surface area contributed by atoms with E-state index < -0.39 is 0 Å². The Morgan fingerprint density at radius 1 is 0.963 bits per heavy atom. The second-order valence-corrected chi connectivity index (χ2v) is 7.68. The van der Waals surface area contributed by atoms with E-state index >= 15 is 0 Å². The molecule has 0 aliphatic carbocycles. The minimum absolute atomic E-state index is 0.0606. The third-order valence-corrected chi connectivity index (χ3v) is 5.64. The monoisotopic (exact) mass is 387 g/mol. The Hall–Kier alpha value is -1.95. The molecular formula is C21H23ClFN3O. The van der Waals surface area contributed by atoms with Crippen LogP contribution in [0.15, 0.2) is 42.5 Å². The molecule has 0 N–H and O–H groups in total. The van der Waals surface area contributed by atoms with Gasteiger partial charge in [0, 0.05) is 50.0 Å². The molecule has 0 atom stereocenters. The molecule has 142 valence electrons. The van der Waals surface area contributed by atoms with Crippen LogP contribution in [0.4, 0.5) is 10.1 Å². The molecule has 2 aromatic rings. The van der Waals surface area contributed by atoms with E-state index in [1.165, 1.54) is 17.7 Å². The van der Waals surface area contributed by atoms with E-state index in [-0.39, 0.29) is 11.7 Å². The van der Waals surface area contributed by atoms with Gasteiger partial charge in [-0.25, -0.2) is 4.39 Å². The van der Waals surface area contributed by atoms with Crippen LogP contribution in [-0.4, -0.2) is 55.0 Å². The summed E-state index contributed by atoms with van der Waals surface area (Å²) < 4.78 is 13.5. The number of rotatable bonds is 4. The largest absolute Gasteiger partial charge is 0.311 e. The highest BCUT2D eigenvalue weighted by Gasteiger charge is 2.27. The van der Waals surface area contributed by atoms with Crippen molar-refractivity contribution in [3.8, 4) is 0 Å². The lowest BCUT2D eigenvalue weighted by atomic mass is 10.2. The van der Waals surface area contributed by atoms with Crippen molar-refractivity contribution in [2.45, 2.75) is 13.0 Å². The molecular weight excluding hydrogens is 365 g/mol. The first kappa shape index (κ1) is 18.4. The molecule has 0 aromatic heterocycles. The van der Waals surface area contributed by atoms with E-state index in [4.69, 9.17) is 11.6 Å². The molecule has 0 radical (unpaired) electrons. The number of nitrogens with zero attached hydrogens (tertiary/aromatic N) is 3. The Kier molecular flexibility index (Phi) is 5.43. The van der Waals surface area contributed by atoms with Crippen LogP contribution in [0.25, 0.3) is 0 Å². The van der Waals surface area contributed by atoms with Gasteiger partial charge in [0.1, 0.15) is 5.82 Å². The van der Waals surface area contributed by atoms with Crippen LogP contribution in [0.3, 0.4) is 0 Å². The molecule has 0 unspecified atom stereocenters. The first-order valence-corrected chi connectivity index (χ1v) is 9.74. The molecule has 0 saturated carbocycles. The molecule has 6 heteroatoms.